The van der Waals surface area contributed by atoms with Gasteiger partial charge in [-0.3, -0.25) is 9.98 Å². The molecule has 5 nitrogen and oxygen atoms in total. The first kappa shape index (κ1) is 17.7. The number of piperidine rings is 1. The second-order valence-corrected chi connectivity index (χ2v) is 6.97. The molecule has 0 amide bonds. The van der Waals surface area contributed by atoms with E-state index in [-0.39, 0.29) is 0 Å². The summed E-state index contributed by atoms with van der Waals surface area (Å²) >= 11 is 0. The molecule has 1 aliphatic heterocycles. The molecule has 0 atom stereocenters. The minimum atomic E-state index is 0.492. The van der Waals surface area contributed by atoms with Crippen LogP contribution in [0.15, 0.2) is 41.5 Å². The first-order valence-electron chi connectivity index (χ1n) is 9.21. The molecule has 2 N–H and O–H groups in total. The van der Waals surface area contributed by atoms with Gasteiger partial charge < -0.3 is 15.5 Å². The van der Waals surface area contributed by atoms with Gasteiger partial charge in [-0.25, -0.2) is 0 Å². The Morgan fingerprint density at radius 1 is 1.24 bits per heavy atom. The zero-order valence-corrected chi connectivity index (χ0v) is 15.5. The molecule has 1 aliphatic rings. The van der Waals surface area contributed by atoms with Crippen molar-refractivity contribution in [1.29, 1.82) is 0 Å². The first-order valence-corrected chi connectivity index (χ1v) is 9.21. The zero-order chi connectivity index (χ0) is 17.6. The third-order valence-electron chi connectivity index (χ3n) is 4.99. The normalized spacial score (nSPS) is 17.2. The fourth-order valence-electron chi connectivity index (χ4n) is 3.44. The second kappa shape index (κ2) is 8.30. The fourth-order valence-corrected chi connectivity index (χ4v) is 3.44. The van der Waals surface area contributed by atoms with E-state index in [0.717, 1.165) is 44.0 Å². The maximum absolute atomic E-state index is 4.52. The van der Waals surface area contributed by atoms with Gasteiger partial charge in [0.2, 0.25) is 0 Å². The Balaban J connectivity index is 1.56. The number of fused-ring (bicyclic) bond motifs is 1. The highest BCUT2D eigenvalue weighted by molar-refractivity contribution is 5.83. The summed E-state index contributed by atoms with van der Waals surface area (Å²) in [6, 6.07) is 11.5. The smallest absolute Gasteiger partial charge is 0.191 e. The molecular weight excluding hydrogens is 310 g/mol. The molecule has 5 heteroatoms. The topological polar surface area (TPSA) is 52.6 Å². The molecule has 0 spiro atoms. The maximum Gasteiger partial charge on any atom is 0.191 e. The standard InChI is InChI=1S/C20H29N5/c1-15(2)25-12-9-18(10-13-25)24-20(21-3)23-14-17-7-4-6-16-8-5-11-22-19(16)17/h4-8,11,15,18H,9-10,12-14H2,1-3H3,(H2,21,23,24). The van der Waals surface area contributed by atoms with Crippen LogP contribution in [0, 0.1) is 0 Å². The zero-order valence-electron chi connectivity index (χ0n) is 15.5. The maximum atomic E-state index is 4.52. The lowest BCUT2D eigenvalue weighted by atomic mass is 10.0. The average molecular weight is 339 g/mol. The van der Waals surface area contributed by atoms with Crippen molar-refractivity contribution in [2.24, 2.45) is 4.99 Å². The number of nitrogens with zero attached hydrogens (tertiary/aromatic N) is 3. The van der Waals surface area contributed by atoms with Gasteiger partial charge >= 0.3 is 0 Å². The highest BCUT2D eigenvalue weighted by Gasteiger charge is 2.21. The highest BCUT2D eigenvalue weighted by Crippen LogP contribution is 2.16. The van der Waals surface area contributed by atoms with Gasteiger partial charge in [-0.1, -0.05) is 24.3 Å². The largest absolute Gasteiger partial charge is 0.354 e. The predicted molar refractivity (Wildman–Crippen MR) is 105 cm³/mol. The molecule has 1 fully saturated rings. The van der Waals surface area contributed by atoms with Gasteiger partial charge in [0, 0.05) is 50.3 Å². The van der Waals surface area contributed by atoms with E-state index in [9.17, 15) is 0 Å². The van der Waals surface area contributed by atoms with E-state index in [2.05, 4.69) is 63.6 Å². The summed E-state index contributed by atoms with van der Waals surface area (Å²) < 4.78 is 0. The van der Waals surface area contributed by atoms with Crippen molar-refractivity contribution in [3.8, 4) is 0 Å². The molecule has 134 valence electrons. The number of aliphatic imine (C=N–C) groups is 1. The summed E-state index contributed by atoms with van der Waals surface area (Å²) in [6.45, 7) is 7.57. The highest BCUT2D eigenvalue weighted by atomic mass is 15.2. The lowest BCUT2D eigenvalue weighted by molar-refractivity contribution is 0.167. The van der Waals surface area contributed by atoms with E-state index < -0.39 is 0 Å². The summed E-state index contributed by atoms with van der Waals surface area (Å²) in [5, 5.41) is 8.19. The van der Waals surface area contributed by atoms with E-state index in [0.29, 0.717) is 12.1 Å². The number of likely N-dealkylation sites (tertiary alicyclic amines) is 1. The van der Waals surface area contributed by atoms with Crippen molar-refractivity contribution in [1.82, 2.24) is 20.5 Å². The Hall–Kier alpha value is -2.14. The van der Waals surface area contributed by atoms with Crippen molar-refractivity contribution in [2.75, 3.05) is 20.1 Å². The molecule has 2 heterocycles. The van der Waals surface area contributed by atoms with Crippen molar-refractivity contribution in [2.45, 2.75) is 45.3 Å². The van der Waals surface area contributed by atoms with Crippen molar-refractivity contribution >= 4 is 16.9 Å². The van der Waals surface area contributed by atoms with E-state index in [4.69, 9.17) is 0 Å². The number of pyridine rings is 1. The van der Waals surface area contributed by atoms with Gasteiger partial charge in [0.05, 0.1) is 5.52 Å². The van der Waals surface area contributed by atoms with Gasteiger partial charge in [0.15, 0.2) is 5.96 Å². The molecule has 0 saturated carbocycles. The number of guanidine groups is 1. The summed E-state index contributed by atoms with van der Waals surface area (Å²) in [4.78, 5) is 11.4. The van der Waals surface area contributed by atoms with E-state index in [1.807, 2.05) is 19.3 Å². The lowest BCUT2D eigenvalue weighted by Crippen LogP contribution is -2.49. The number of hydrogen-bond acceptors (Lipinski definition) is 3. The molecule has 2 aromatic rings. The number of hydrogen-bond donors (Lipinski definition) is 2. The Bertz CT molecular complexity index is 712. The van der Waals surface area contributed by atoms with Crippen LogP contribution in [0.1, 0.15) is 32.3 Å². The van der Waals surface area contributed by atoms with Crippen LogP contribution in [0.25, 0.3) is 10.9 Å². The summed E-state index contributed by atoms with van der Waals surface area (Å²) in [5.74, 6) is 0.871. The quantitative estimate of drug-likeness (QED) is 0.664. The minimum absolute atomic E-state index is 0.492. The predicted octanol–water partition coefficient (Wildman–Crippen LogP) is 2.77. The van der Waals surface area contributed by atoms with Crippen molar-refractivity contribution < 1.29 is 0 Å². The van der Waals surface area contributed by atoms with Crippen LogP contribution < -0.4 is 10.6 Å². The molecule has 1 aromatic carbocycles. The van der Waals surface area contributed by atoms with Crippen LogP contribution >= 0.6 is 0 Å². The van der Waals surface area contributed by atoms with Crippen LogP contribution in [0.4, 0.5) is 0 Å². The summed E-state index contributed by atoms with van der Waals surface area (Å²) in [6.07, 6.45) is 4.17. The monoisotopic (exact) mass is 339 g/mol. The number of para-hydroxylation sites is 1. The Morgan fingerprint density at radius 2 is 2.00 bits per heavy atom. The average Bonchev–Trinajstić information content (AvgIpc) is 2.65. The summed E-state index contributed by atoms with van der Waals surface area (Å²) in [7, 11) is 1.83. The fraction of sp³-hybridized carbons (Fsp3) is 0.500. The number of nitrogens with one attached hydrogen (secondary N) is 2. The van der Waals surface area contributed by atoms with Gasteiger partial charge in [-0.05, 0) is 38.3 Å². The third kappa shape index (κ3) is 4.48. The van der Waals surface area contributed by atoms with Crippen LogP contribution in [-0.2, 0) is 6.54 Å². The van der Waals surface area contributed by atoms with Gasteiger partial charge in [0.1, 0.15) is 0 Å². The second-order valence-electron chi connectivity index (χ2n) is 6.97. The molecule has 0 unspecified atom stereocenters. The van der Waals surface area contributed by atoms with E-state index in [1.54, 1.807) is 0 Å². The molecule has 3 rings (SSSR count). The van der Waals surface area contributed by atoms with E-state index in [1.165, 1.54) is 10.9 Å². The van der Waals surface area contributed by atoms with Crippen LogP contribution in [0.5, 0.6) is 0 Å². The number of benzene rings is 1. The first-order chi connectivity index (χ1) is 12.2. The van der Waals surface area contributed by atoms with Crippen LogP contribution in [0.3, 0.4) is 0 Å². The Kier molecular flexibility index (Phi) is 5.87. The summed E-state index contributed by atoms with van der Waals surface area (Å²) in [5.41, 5.74) is 2.24. The van der Waals surface area contributed by atoms with Gasteiger partial charge in [-0.15, -0.1) is 0 Å². The third-order valence-corrected chi connectivity index (χ3v) is 4.99. The number of aromatic nitrogens is 1. The van der Waals surface area contributed by atoms with Crippen LogP contribution in [0.2, 0.25) is 0 Å². The SMILES string of the molecule is CN=C(NCc1cccc2cccnc12)NC1CCN(C(C)C)CC1. The van der Waals surface area contributed by atoms with Crippen molar-refractivity contribution in [3.63, 3.8) is 0 Å². The minimum Gasteiger partial charge on any atom is -0.354 e. The number of rotatable bonds is 4. The van der Waals surface area contributed by atoms with E-state index >= 15 is 0 Å². The molecule has 0 bridgehead atoms. The molecule has 1 aromatic heterocycles. The van der Waals surface area contributed by atoms with Gasteiger partial charge in [0.25, 0.3) is 0 Å². The van der Waals surface area contributed by atoms with Crippen LogP contribution in [-0.4, -0.2) is 48.1 Å². The molecular formula is C20H29N5. The Labute approximate surface area is 150 Å². The molecule has 0 aliphatic carbocycles. The molecule has 0 radical (unpaired) electrons. The lowest BCUT2D eigenvalue weighted by Gasteiger charge is -2.35. The van der Waals surface area contributed by atoms with Crippen molar-refractivity contribution in [3.05, 3.63) is 42.1 Å². The van der Waals surface area contributed by atoms with Gasteiger partial charge in [-0.2, -0.15) is 0 Å². The molecule has 25 heavy (non-hydrogen) atoms. The molecule has 1 saturated heterocycles. The Morgan fingerprint density at radius 3 is 2.72 bits per heavy atom.